The van der Waals surface area contributed by atoms with Crippen LogP contribution in [0.1, 0.15) is 18.0 Å². The third kappa shape index (κ3) is 1.20. The van der Waals surface area contributed by atoms with E-state index in [1.54, 1.807) is 6.20 Å². The molecule has 0 spiro atoms. The molecule has 2 atom stereocenters. The minimum atomic E-state index is 0.622. The van der Waals surface area contributed by atoms with Crippen LogP contribution in [0.3, 0.4) is 0 Å². The zero-order valence-electron chi connectivity index (χ0n) is 6.05. The Hall–Kier alpha value is -0.350. The molecule has 2 rings (SSSR count). The molecule has 1 aliphatic rings. The largest absolute Gasteiger partial charge is 0.330 e. The van der Waals surface area contributed by atoms with E-state index in [2.05, 4.69) is 26.1 Å². The minimum absolute atomic E-state index is 0.622. The van der Waals surface area contributed by atoms with Crippen LogP contribution >= 0.6 is 15.9 Å². The van der Waals surface area contributed by atoms with Crippen LogP contribution in [-0.4, -0.2) is 16.7 Å². The van der Waals surface area contributed by atoms with Gasteiger partial charge in [-0.05, 0) is 34.8 Å². The Balaban J connectivity index is 2.14. The van der Waals surface area contributed by atoms with E-state index in [0.29, 0.717) is 11.8 Å². The van der Waals surface area contributed by atoms with E-state index in [4.69, 9.17) is 5.73 Å². The van der Waals surface area contributed by atoms with Crippen LogP contribution < -0.4 is 5.73 Å². The average molecular weight is 216 g/mol. The second-order valence-electron chi connectivity index (χ2n) is 2.97. The number of nitrogens with two attached hydrogens (primary N) is 1. The number of rotatable bonds is 2. The van der Waals surface area contributed by atoms with Crippen molar-refractivity contribution in [3.8, 4) is 0 Å². The molecule has 0 aromatic carbocycles. The second kappa shape index (κ2) is 2.60. The molecule has 0 unspecified atom stereocenters. The lowest BCUT2D eigenvalue weighted by atomic mass is 10.2. The van der Waals surface area contributed by atoms with Crippen LogP contribution in [0.5, 0.6) is 0 Å². The molecule has 1 aliphatic carbocycles. The van der Waals surface area contributed by atoms with Crippen molar-refractivity contribution >= 4 is 15.9 Å². The first-order chi connectivity index (χ1) is 5.33. The van der Waals surface area contributed by atoms with Gasteiger partial charge in [-0.3, -0.25) is 5.10 Å². The van der Waals surface area contributed by atoms with E-state index in [1.807, 2.05) is 0 Å². The molecule has 1 heterocycles. The van der Waals surface area contributed by atoms with E-state index in [1.165, 1.54) is 12.1 Å². The van der Waals surface area contributed by atoms with Crippen molar-refractivity contribution in [2.45, 2.75) is 12.3 Å². The summed E-state index contributed by atoms with van der Waals surface area (Å²) in [5.74, 6) is 1.30. The number of aromatic amines is 1. The number of nitrogens with one attached hydrogen (secondary N) is 1. The number of H-pyrrole nitrogens is 1. The summed E-state index contributed by atoms with van der Waals surface area (Å²) < 4.78 is 1.08. The van der Waals surface area contributed by atoms with Crippen LogP contribution in [-0.2, 0) is 0 Å². The summed E-state index contributed by atoms with van der Waals surface area (Å²) in [5.41, 5.74) is 6.74. The Morgan fingerprint density at radius 2 is 2.64 bits per heavy atom. The predicted molar refractivity (Wildman–Crippen MR) is 46.2 cm³/mol. The van der Waals surface area contributed by atoms with Crippen LogP contribution in [0.25, 0.3) is 0 Å². The Kier molecular flexibility index (Phi) is 1.73. The molecule has 0 bridgehead atoms. The molecule has 3 N–H and O–H groups in total. The van der Waals surface area contributed by atoms with Gasteiger partial charge in [-0.25, -0.2) is 0 Å². The van der Waals surface area contributed by atoms with Crippen molar-refractivity contribution in [2.24, 2.45) is 11.7 Å². The number of hydrogen-bond acceptors (Lipinski definition) is 2. The Morgan fingerprint density at radius 3 is 3.09 bits per heavy atom. The summed E-state index contributed by atoms with van der Waals surface area (Å²) in [6.07, 6.45) is 3.00. The highest BCUT2D eigenvalue weighted by atomic mass is 79.9. The molecule has 60 valence electrons. The van der Waals surface area contributed by atoms with Gasteiger partial charge in [0.15, 0.2) is 0 Å². The summed E-state index contributed by atoms with van der Waals surface area (Å²) in [6, 6.07) is 0. The van der Waals surface area contributed by atoms with Crippen LogP contribution in [0.4, 0.5) is 0 Å². The molecular formula is C7H10BrN3. The third-order valence-electron chi connectivity index (χ3n) is 2.22. The highest BCUT2D eigenvalue weighted by Crippen LogP contribution is 2.47. The van der Waals surface area contributed by atoms with Crippen molar-refractivity contribution < 1.29 is 0 Å². The monoisotopic (exact) mass is 215 g/mol. The highest BCUT2D eigenvalue weighted by molar-refractivity contribution is 9.10. The third-order valence-corrected chi connectivity index (χ3v) is 2.85. The van der Waals surface area contributed by atoms with Gasteiger partial charge >= 0.3 is 0 Å². The smallest absolute Gasteiger partial charge is 0.0632 e. The van der Waals surface area contributed by atoms with Crippen LogP contribution in [0.2, 0.25) is 0 Å². The maximum Gasteiger partial charge on any atom is 0.0632 e. The highest BCUT2D eigenvalue weighted by Gasteiger charge is 2.39. The molecule has 0 radical (unpaired) electrons. The maximum atomic E-state index is 5.53. The quantitative estimate of drug-likeness (QED) is 0.781. The van der Waals surface area contributed by atoms with Crippen molar-refractivity contribution in [3.05, 3.63) is 16.4 Å². The van der Waals surface area contributed by atoms with E-state index in [-0.39, 0.29) is 0 Å². The van der Waals surface area contributed by atoms with Gasteiger partial charge in [0, 0.05) is 5.92 Å². The van der Waals surface area contributed by atoms with Crippen LogP contribution in [0.15, 0.2) is 10.7 Å². The molecule has 1 saturated carbocycles. The lowest BCUT2D eigenvalue weighted by Gasteiger charge is -1.93. The first kappa shape index (κ1) is 7.31. The Labute approximate surface area is 73.5 Å². The fourth-order valence-electron chi connectivity index (χ4n) is 1.40. The number of nitrogens with zero attached hydrogens (tertiary/aromatic N) is 1. The first-order valence-electron chi connectivity index (χ1n) is 3.71. The fraction of sp³-hybridized carbons (Fsp3) is 0.571. The Morgan fingerprint density at radius 1 is 1.82 bits per heavy atom. The van der Waals surface area contributed by atoms with Gasteiger partial charge in [-0.1, -0.05) is 0 Å². The number of halogens is 1. The Bertz CT molecular complexity index is 258. The lowest BCUT2D eigenvalue weighted by molar-refractivity contribution is 0.791. The SMILES string of the molecule is NC[C@@H]1C[C@H]1c1[nH]ncc1Br. The van der Waals surface area contributed by atoms with Crippen molar-refractivity contribution in [3.63, 3.8) is 0 Å². The molecule has 4 heteroatoms. The normalized spacial score (nSPS) is 28.9. The molecule has 0 saturated heterocycles. The van der Waals surface area contributed by atoms with E-state index in [0.717, 1.165) is 11.0 Å². The van der Waals surface area contributed by atoms with Gasteiger partial charge in [0.2, 0.25) is 0 Å². The van der Waals surface area contributed by atoms with Gasteiger partial charge in [0.1, 0.15) is 0 Å². The summed E-state index contributed by atoms with van der Waals surface area (Å²) >= 11 is 3.43. The summed E-state index contributed by atoms with van der Waals surface area (Å²) in [6.45, 7) is 0.788. The number of hydrogen-bond donors (Lipinski definition) is 2. The van der Waals surface area contributed by atoms with Crippen molar-refractivity contribution in [1.82, 2.24) is 10.2 Å². The molecule has 1 aromatic heterocycles. The fourth-order valence-corrected chi connectivity index (χ4v) is 1.89. The average Bonchev–Trinajstić information content (AvgIpc) is 2.68. The summed E-state index contributed by atoms with van der Waals surface area (Å²) in [5, 5.41) is 6.92. The molecule has 1 fully saturated rings. The lowest BCUT2D eigenvalue weighted by Crippen LogP contribution is -2.02. The van der Waals surface area contributed by atoms with Gasteiger partial charge in [-0.2, -0.15) is 5.10 Å². The van der Waals surface area contributed by atoms with E-state index >= 15 is 0 Å². The van der Waals surface area contributed by atoms with Gasteiger partial charge in [0.25, 0.3) is 0 Å². The van der Waals surface area contributed by atoms with Gasteiger partial charge in [-0.15, -0.1) is 0 Å². The zero-order valence-corrected chi connectivity index (χ0v) is 7.63. The molecule has 0 aliphatic heterocycles. The molecular weight excluding hydrogens is 206 g/mol. The maximum absolute atomic E-state index is 5.53. The van der Waals surface area contributed by atoms with Crippen LogP contribution in [0, 0.1) is 5.92 Å². The summed E-state index contributed by atoms with van der Waals surface area (Å²) in [7, 11) is 0. The summed E-state index contributed by atoms with van der Waals surface area (Å²) in [4.78, 5) is 0. The van der Waals surface area contributed by atoms with Crippen molar-refractivity contribution in [2.75, 3.05) is 6.54 Å². The van der Waals surface area contributed by atoms with E-state index < -0.39 is 0 Å². The van der Waals surface area contributed by atoms with E-state index in [9.17, 15) is 0 Å². The topological polar surface area (TPSA) is 54.7 Å². The zero-order chi connectivity index (χ0) is 7.84. The minimum Gasteiger partial charge on any atom is -0.330 e. The number of aromatic nitrogens is 2. The molecule has 1 aromatic rings. The van der Waals surface area contributed by atoms with Gasteiger partial charge < -0.3 is 5.73 Å². The second-order valence-corrected chi connectivity index (χ2v) is 3.82. The first-order valence-corrected chi connectivity index (χ1v) is 4.51. The standard InChI is InChI=1S/C7H10BrN3/c8-6-3-10-11-7(6)5-1-4(5)2-9/h3-5H,1-2,9H2,(H,10,11)/t4-,5+/m0/s1. The molecule has 3 nitrogen and oxygen atoms in total. The molecule has 11 heavy (non-hydrogen) atoms. The van der Waals surface area contributed by atoms with Crippen molar-refractivity contribution in [1.29, 1.82) is 0 Å². The predicted octanol–water partition coefficient (Wildman–Crippen LogP) is 1.23. The van der Waals surface area contributed by atoms with Gasteiger partial charge in [0.05, 0.1) is 16.4 Å². The molecule has 0 amide bonds.